The van der Waals surface area contributed by atoms with E-state index in [4.69, 9.17) is 5.73 Å². The Morgan fingerprint density at radius 1 is 1.08 bits per heavy atom. The molecule has 26 heavy (non-hydrogen) atoms. The molecule has 0 amide bonds. The van der Waals surface area contributed by atoms with E-state index >= 15 is 0 Å². The maximum atomic E-state index is 14.0. The molecule has 1 atom stereocenters. The smallest absolute Gasteiger partial charge is 0.203 e. The number of nitrogens with zero attached hydrogens (tertiary/aromatic N) is 2. The molecule has 0 saturated carbocycles. The van der Waals surface area contributed by atoms with Gasteiger partial charge in [0.15, 0.2) is 5.66 Å². The van der Waals surface area contributed by atoms with Crippen molar-refractivity contribution in [3.63, 3.8) is 0 Å². The second-order valence-corrected chi connectivity index (χ2v) is 6.06. The number of anilines is 2. The number of rotatable bonds is 2. The monoisotopic (exact) mass is 354 g/mol. The van der Waals surface area contributed by atoms with E-state index < -0.39 is 17.3 Å². The van der Waals surface area contributed by atoms with Gasteiger partial charge in [-0.1, -0.05) is 24.3 Å². The standard InChI is InChI=1S/C18H16F2N6/c1-10-9-15(26-25-10)18(21)11-5-2-3-8-14(11)22-17(24-18)23-16-12(19)6-4-7-13(16)20/h2-9H,21H2,1H3,(H,25,26)(H2,22,23,24). The minimum atomic E-state index is -1.31. The second kappa shape index (κ2) is 5.92. The van der Waals surface area contributed by atoms with Crippen LogP contribution in [0.25, 0.3) is 0 Å². The maximum Gasteiger partial charge on any atom is 0.203 e. The van der Waals surface area contributed by atoms with Gasteiger partial charge in [0, 0.05) is 16.9 Å². The number of aryl methyl sites for hydroxylation is 1. The second-order valence-electron chi connectivity index (χ2n) is 6.06. The summed E-state index contributed by atoms with van der Waals surface area (Å²) in [7, 11) is 0. The molecular weight excluding hydrogens is 338 g/mol. The molecule has 3 aromatic rings. The minimum Gasteiger partial charge on any atom is -0.326 e. The Kier molecular flexibility index (Phi) is 3.69. The summed E-state index contributed by atoms with van der Waals surface area (Å²) in [6.45, 7) is 1.85. The lowest BCUT2D eigenvalue weighted by atomic mass is 9.94. The quantitative estimate of drug-likeness (QED) is 0.569. The molecule has 6 nitrogen and oxygen atoms in total. The molecule has 0 saturated heterocycles. The third kappa shape index (κ3) is 2.60. The lowest BCUT2D eigenvalue weighted by Crippen LogP contribution is -2.44. The van der Waals surface area contributed by atoms with Crippen molar-refractivity contribution < 1.29 is 8.78 Å². The molecule has 0 aliphatic carbocycles. The number of nitrogens with one attached hydrogen (secondary N) is 3. The van der Waals surface area contributed by atoms with E-state index in [0.29, 0.717) is 16.9 Å². The Hall–Kier alpha value is -3.26. The van der Waals surface area contributed by atoms with Gasteiger partial charge >= 0.3 is 0 Å². The summed E-state index contributed by atoms with van der Waals surface area (Å²) in [5.41, 5.74) is 7.67. The lowest BCUT2D eigenvalue weighted by Gasteiger charge is -2.32. The Morgan fingerprint density at radius 3 is 2.50 bits per heavy atom. The lowest BCUT2D eigenvalue weighted by molar-refractivity contribution is 0.546. The topological polar surface area (TPSA) is 91.1 Å². The van der Waals surface area contributed by atoms with E-state index in [1.165, 1.54) is 6.07 Å². The number of hydrogen-bond donors (Lipinski definition) is 4. The molecule has 1 aromatic heterocycles. The molecule has 0 radical (unpaired) electrons. The van der Waals surface area contributed by atoms with Gasteiger partial charge in [-0.3, -0.25) is 10.8 Å². The van der Waals surface area contributed by atoms with E-state index in [1.54, 1.807) is 6.07 Å². The van der Waals surface area contributed by atoms with Crippen LogP contribution >= 0.6 is 0 Å². The van der Waals surface area contributed by atoms with Crippen LogP contribution in [0, 0.1) is 18.6 Å². The molecule has 1 unspecified atom stereocenters. The van der Waals surface area contributed by atoms with Crippen LogP contribution in [0.15, 0.2) is 53.5 Å². The van der Waals surface area contributed by atoms with Gasteiger partial charge in [0.25, 0.3) is 0 Å². The van der Waals surface area contributed by atoms with Gasteiger partial charge in [-0.25, -0.2) is 13.8 Å². The number of para-hydroxylation sites is 2. The van der Waals surface area contributed by atoms with Crippen LogP contribution in [-0.4, -0.2) is 16.2 Å². The number of aliphatic imine (C=N–C) groups is 1. The first-order valence-electron chi connectivity index (χ1n) is 7.96. The van der Waals surface area contributed by atoms with Crippen LogP contribution in [0.4, 0.5) is 20.2 Å². The predicted molar refractivity (Wildman–Crippen MR) is 95.8 cm³/mol. The third-order valence-corrected chi connectivity index (χ3v) is 4.18. The highest BCUT2D eigenvalue weighted by atomic mass is 19.1. The Balaban J connectivity index is 1.82. The summed E-state index contributed by atoms with van der Waals surface area (Å²) in [6, 6.07) is 12.7. The molecule has 5 N–H and O–H groups in total. The molecule has 2 aromatic carbocycles. The fourth-order valence-electron chi connectivity index (χ4n) is 2.92. The summed E-state index contributed by atoms with van der Waals surface area (Å²) >= 11 is 0. The molecule has 132 valence electrons. The SMILES string of the molecule is Cc1cc(C2(N)N=C(Nc3c(F)cccc3F)Nc3ccccc32)n[nH]1. The van der Waals surface area contributed by atoms with Crippen LogP contribution < -0.4 is 16.4 Å². The first-order valence-corrected chi connectivity index (χ1v) is 7.96. The summed E-state index contributed by atoms with van der Waals surface area (Å²) in [6.07, 6.45) is 0. The number of fused-ring (bicyclic) bond motifs is 1. The van der Waals surface area contributed by atoms with Gasteiger partial charge in [-0.05, 0) is 31.2 Å². The van der Waals surface area contributed by atoms with Gasteiger partial charge in [-0.15, -0.1) is 0 Å². The molecule has 4 rings (SSSR count). The van der Waals surface area contributed by atoms with E-state index in [1.807, 2.05) is 31.2 Å². The largest absolute Gasteiger partial charge is 0.326 e. The highest BCUT2D eigenvalue weighted by Gasteiger charge is 2.38. The average Bonchev–Trinajstić information content (AvgIpc) is 3.06. The normalized spacial score (nSPS) is 18.7. The van der Waals surface area contributed by atoms with Gasteiger partial charge < -0.3 is 10.6 Å². The van der Waals surface area contributed by atoms with E-state index in [9.17, 15) is 8.78 Å². The third-order valence-electron chi connectivity index (χ3n) is 4.18. The summed E-state index contributed by atoms with van der Waals surface area (Å²) in [4.78, 5) is 4.47. The Labute approximate surface area is 148 Å². The first-order chi connectivity index (χ1) is 12.5. The molecule has 0 bridgehead atoms. The van der Waals surface area contributed by atoms with Crippen LogP contribution in [0.5, 0.6) is 0 Å². The highest BCUT2D eigenvalue weighted by molar-refractivity contribution is 6.06. The Bertz CT molecular complexity index is 992. The zero-order valence-electron chi connectivity index (χ0n) is 13.8. The number of H-pyrrole nitrogens is 1. The molecular formula is C18H16F2N6. The number of halogens is 2. The zero-order valence-corrected chi connectivity index (χ0v) is 13.8. The van der Waals surface area contributed by atoms with Crippen molar-refractivity contribution in [1.29, 1.82) is 0 Å². The van der Waals surface area contributed by atoms with Gasteiger partial charge in [0.05, 0.1) is 0 Å². The Morgan fingerprint density at radius 2 is 1.81 bits per heavy atom. The molecule has 8 heteroatoms. The zero-order chi connectivity index (χ0) is 18.3. The molecule has 1 aliphatic rings. The van der Waals surface area contributed by atoms with E-state index in [0.717, 1.165) is 17.8 Å². The van der Waals surface area contributed by atoms with Crippen molar-refractivity contribution in [1.82, 2.24) is 10.2 Å². The minimum absolute atomic E-state index is 0.121. The molecule has 0 fully saturated rings. The predicted octanol–water partition coefficient (Wildman–Crippen LogP) is 3.05. The number of aromatic nitrogens is 2. The van der Waals surface area contributed by atoms with E-state index in [2.05, 4.69) is 25.8 Å². The van der Waals surface area contributed by atoms with Crippen molar-refractivity contribution >= 4 is 17.3 Å². The summed E-state index contributed by atoms with van der Waals surface area (Å²) < 4.78 is 28.0. The highest BCUT2D eigenvalue weighted by Crippen LogP contribution is 2.36. The van der Waals surface area contributed by atoms with E-state index in [-0.39, 0.29) is 11.6 Å². The molecule has 1 aliphatic heterocycles. The fourth-order valence-corrected chi connectivity index (χ4v) is 2.92. The number of nitrogens with two attached hydrogens (primary N) is 1. The summed E-state index contributed by atoms with van der Waals surface area (Å²) in [5, 5.41) is 12.8. The maximum absolute atomic E-state index is 14.0. The van der Waals surface area contributed by atoms with Crippen molar-refractivity contribution in [2.75, 3.05) is 10.6 Å². The molecule has 2 heterocycles. The number of guanidine groups is 1. The van der Waals surface area contributed by atoms with Crippen molar-refractivity contribution in [2.24, 2.45) is 10.7 Å². The summed E-state index contributed by atoms with van der Waals surface area (Å²) in [5.74, 6) is -1.34. The average molecular weight is 354 g/mol. The number of hydrogen-bond acceptors (Lipinski definition) is 5. The fraction of sp³-hybridized carbons (Fsp3) is 0.111. The van der Waals surface area contributed by atoms with Crippen LogP contribution in [0.3, 0.4) is 0 Å². The van der Waals surface area contributed by atoms with Crippen molar-refractivity contribution in [3.05, 3.63) is 77.1 Å². The van der Waals surface area contributed by atoms with Gasteiger partial charge in [0.2, 0.25) is 5.96 Å². The number of benzene rings is 2. The van der Waals surface area contributed by atoms with Gasteiger partial charge in [0.1, 0.15) is 23.0 Å². The van der Waals surface area contributed by atoms with Crippen molar-refractivity contribution in [2.45, 2.75) is 12.6 Å². The van der Waals surface area contributed by atoms with Gasteiger partial charge in [-0.2, -0.15) is 5.10 Å². The van der Waals surface area contributed by atoms with Crippen LogP contribution in [0.1, 0.15) is 17.0 Å². The van der Waals surface area contributed by atoms with Crippen molar-refractivity contribution in [3.8, 4) is 0 Å². The van der Waals surface area contributed by atoms with Crippen LogP contribution in [-0.2, 0) is 5.66 Å². The number of aromatic amines is 1. The molecule has 0 spiro atoms. The first kappa shape index (κ1) is 16.2. The van der Waals surface area contributed by atoms with Crippen LogP contribution in [0.2, 0.25) is 0 Å².